The lowest BCUT2D eigenvalue weighted by molar-refractivity contribution is -0.116. The van der Waals surface area contributed by atoms with E-state index in [2.05, 4.69) is 5.32 Å². The number of anilines is 1. The topological polar surface area (TPSA) is 97.4 Å². The summed E-state index contributed by atoms with van der Waals surface area (Å²) in [5, 5.41) is 2.61. The minimum atomic E-state index is -3.33. The van der Waals surface area contributed by atoms with Gasteiger partial charge in [0.25, 0.3) is 0 Å². The Bertz CT molecular complexity index is 753. The molecule has 0 saturated carbocycles. The van der Waals surface area contributed by atoms with Gasteiger partial charge in [0.05, 0.1) is 16.4 Å². The first-order chi connectivity index (χ1) is 9.66. The lowest BCUT2D eigenvalue weighted by atomic mass is 10.1. The Labute approximate surface area is 124 Å². The number of nitrogens with one attached hydrogen (secondary N) is 1. The average molecular weight is 331 g/mol. The fourth-order valence-corrected chi connectivity index (χ4v) is 4.84. The lowest BCUT2D eigenvalue weighted by Crippen LogP contribution is -2.17. The molecule has 0 bridgehead atoms. The molecule has 21 heavy (non-hydrogen) atoms. The highest BCUT2D eigenvalue weighted by atomic mass is 32.2. The molecule has 1 aliphatic heterocycles. The molecule has 0 spiro atoms. The zero-order valence-electron chi connectivity index (χ0n) is 11.6. The molecule has 0 radical (unpaired) electrons. The first kappa shape index (κ1) is 16.0. The largest absolute Gasteiger partial charge is 0.326 e. The highest BCUT2D eigenvalue weighted by Gasteiger charge is 2.29. The van der Waals surface area contributed by atoms with Crippen molar-refractivity contribution in [1.29, 1.82) is 0 Å². The molecule has 1 saturated heterocycles. The van der Waals surface area contributed by atoms with Gasteiger partial charge in [-0.05, 0) is 30.5 Å². The van der Waals surface area contributed by atoms with Gasteiger partial charge in [-0.2, -0.15) is 0 Å². The second-order valence-electron chi connectivity index (χ2n) is 5.32. The SMILES string of the molecule is CS(=O)(=O)c1cccc(NC(=O)C[C@H]2CCS(=O)(=O)C2)c1. The summed E-state index contributed by atoms with van der Waals surface area (Å²) in [6.07, 6.45) is 1.72. The number of hydrogen-bond acceptors (Lipinski definition) is 5. The van der Waals surface area contributed by atoms with Crippen molar-refractivity contribution in [3.8, 4) is 0 Å². The van der Waals surface area contributed by atoms with Crippen molar-refractivity contribution in [1.82, 2.24) is 0 Å². The average Bonchev–Trinajstić information content (AvgIpc) is 2.67. The van der Waals surface area contributed by atoms with E-state index < -0.39 is 19.7 Å². The van der Waals surface area contributed by atoms with Crippen LogP contribution >= 0.6 is 0 Å². The molecule has 1 atom stereocenters. The number of amides is 1. The summed E-state index contributed by atoms with van der Waals surface area (Å²) < 4.78 is 45.6. The molecule has 0 aliphatic carbocycles. The predicted molar refractivity (Wildman–Crippen MR) is 79.6 cm³/mol. The van der Waals surface area contributed by atoms with Gasteiger partial charge in [-0.15, -0.1) is 0 Å². The van der Waals surface area contributed by atoms with Crippen LogP contribution in [0.2, 0.25) is 0 Å². The molecule has 8 heteroatoms. The monoisotopic (exact) mass is 331 g/mol. The Morgan fingerprint density at radius 3 is 2.67 bits per heavy atom. The van der Waals surface area contributed by atoms with Gasteiger partial charge in [0, 0.05) is 18.4 Å². The minimum absolute atomic E-state index is 0.0454. The Balaban J connectivity index is 2.01. The van der Waals surface area contributed by atoms with Gasteiger partial charge in [-0.3, -0.25) is 4.79 Å². The summed E-state index contributed by atoms with van der Waals surface area (Å²) in [7, 11) is -6.33. The van der Waals surface area contributed by atoms with E-state index in [-0.39, 0.29) is 34.6 Å². The van der Waals surface area contributed by atoms with Gasteiger partial charge in [-0.25, -0.2) is 16.8 Å². The number of carbonyl (C=O) groups is 1. The molecular weight excluding hydrogens is 314 g/mol. The first-order valence-corrected chi connectivity index (χ1v) is 10.2. The molecule has 0 unspecified atom stereocenters. The van der Waals surface area contributed by atoms with E-state index in [1.54, 1.807) is 12.1 Å². The Kier molecular flexibility index (Phi) is 4.38. The van der Waals surface area contributed by atoms with Crippen molar-refractivity contribution in [2.24, 2.45) is 5.92 Å². The fourth-order valence-electron chi connectivity index (χ4n) is 2.31. The van der Waals surface area contributed by atoms with E-state index in [1.807, 2.05) is 0 Å². The maximum Gasteiger partial charge on any atom is 0.224 e. The molecule has 1 heterocycles. The molecule has 0 aromatic heterocycles. The van der Waals surface area contributed by atoms with E-state index in [0.29, 0.717) is 12.1 Å². The maximum absolute atomic E-state index is 11.9. The molecule has 6 nitrogen and oxygen atoms in total. The van der Waals surface area contributed by atoms with E-state index in [0.717, 1.165) is 6.26 Å². The third kappa shape index (κ3) is 4.53. The van der Waals surface area contributed by atoms with Crippen LogP contribution in [0.25, 0.3) is 0 Å². The van der Waals surface area contributed by atoms with Gasteiger partial charge < -0.3 is 5.32 Å². The van der Waals surface area contributed by atoms with Crippen molar-refractivity contribution >= 4 is 31.3 Å². The molecule has 2 rings (SSSR count). The zero-order chi connectivity index (χ0) is 15.7. The van der Waals surface area contributed by atoms with Crippen LogP contribution in [0.15, 0.2) is 29.2 Å². The van der Waals surface area contributed by atoms with Crippen LogP contribution in [0.1, 0.15) is 12.8 Å². The number of sulfone groups is 2. The van der Waals surface area contributed by atoms with Gasteiger partial charge in [0.1, 0.15) is 0 Å². The molecular formula is C13H17NO5S2. The van der Waals surface area contributed by atoms with E-state index in [1.165, 1.54) is 12.1 Å². The third-order valence-electron chi connectivity index (χ3n) is 3.35. The Hall–Kier alpha value is -1.41. The summed E-state index contributed by atoms with van der Waals surface area (Å²) in [5.41, 5.74) is 0.392. The molecule has 1 amide bonds. The molecule has 116 valence electrons. The highest BCUT2D eigenvalue weighted by molar-refractivity contribution is 7.91. The summed E-state index contributed by atoms with van der Waals surface area (Å²) in [6, 6.07) is 5.98. The number of benzene rings is 1. The summed E-state index contributed by atoms with van der Waals surface area (Å²) in [4.78, 5) is 12.0. The molecule has 1 aromatic carbocycles. The van der Waals surface area contributed by atoms with Crippen LogP contribution in [0.4, 0.5) is 5.69 Å². The number of hydrogen-bond donors (Lipinski definition) is 1. The predicted octanol–water partition coefficient (Wildman–Crippen LogP) is 0.853. The summed E-state index contributed by atoms with van der Waals surface area (Å²) in [6.45, 7) is 0. The third-order valence-corrected chi connectivity index (χ3v) is 6.29. The van der Waals surface area contributed by atoms with Crippen molar-refractivity contribution in [3.05, 3.63) is 24.3 Å². The fraction of sp³-hybridized carbons (Fsp3) is 0.462. The summed E-state index contributed by atoms with van der Waals surface area (Å²) >= 11 is 0. The van der Waals surface area contributed by atoms with Crippen molar-refractivity contribution in [2.75, 3.05) is 23.1 Å². The highest BCUT2D eigenvalue weighted by Crippen LogP contribution is 2.22. The molecule has 1 aliphatic rings. The first-order valence-electron chi connectivity index (χ1n) is 6.46. The van der Waals surface area contributed by atoms with Gasteiger partial charge in [0.15, 0.2) is 19.7 Å². The van der Waals surface area contributed by atoms with Crippen LogP contribution < -0.4 is 5.32 Å². The van der Waals surface area contributed by atoms with Crippen LogP contribution in [-0.2, 0) is 24.5 Å². The molecule has 1 N–H and O–H groups in total. The maximum atomic E-state index is 11.9. The second-order valence-corrected chi connectivity index (χ2v) is 9.57. The van der Waals surface area contributed by atoms with Crippen LogP contribution in [-0.4, -0.2) is 40.5 Å². The van der Waals surface area contributed by atoms with Gasteiger partial charge >= 0.3 is 0 Å². The van der Waals surface area contributed by atoms with E-state index in [9.17, 15) is 21.6 Å². The Morgan fingerprint density at radius 2 is 2.10 bits per heavy atom. The van der Waals surface area contributed by atoms with Crippen molar-refractivity contribution < 1.29 is 21.6 Å². The van der Waals surface area contributed by atoms with E-state index >= 15 is 0 Å². The van der Waals surface area contributed by atoms with Gasteiger partial charge in [-0.1, -0.05) is 6.07 Å². The number of carbonyl (C=O) groups excluding carboxylic acids is 1. The van der Waals surface area contributed by atoms with E-state index in [4.69, 9.17) is 0 Å². The van der Waals surface area contributed by atoms with Crippen molar-refractivity contribution in [3.63, 3.8) is 0 Å². The molecule has 1 fully saturated rings. The van der Waals surface area contributed by atoms with Gasteiger partial charge in [0.2, 0.25) is 5.91 Å². The smallest absolute Gasteiger partial charge is 0.224 e. The number of rotatable bonds is 4. The Morgan fingerprint density at radius 1 is 1.38 bits per heavy atom. The minimum Gasteiger partial charge on any atom is -0.326 e. The second kappa shape index (κ2) is 5.76. The normalized spacial score (nSPS) is 21.1. The zero-order valence-corrected chi connectivity index (χ0v) is 13.2. The van der Waals surface area contributed by atoms with Crippen LogP contribution in [0, 0.1) is 5.92 Å². The van der Waals surface area contributed by atoms with Crippen LogP contribution in [0.5, 0.6) is 0 Å². The van der Waals surface area contributed by atoms with Crippen LogP contribution in [0.3, 0.4) is 0 Å². The van der Waals surface area contributed by atoms with Crippen molar-refractivity contribution in [2.45, 2.75) is 17.7 Å². The summed E-state index contributed by atoms with van der Waals surface area (Å²) in [5.74, 6) is -0.283. The lowest BCUT2D eigenvalue weighted by Gasteiger charge is -2.09. The standard InChI is InChI=1S/C13H17NO5S2/c1-20(16,17)12-4-2-3-11(8-12)14-13(15)7-10-5-6-21(18,19)9-10/h2-4,8,10H,5-7,9H2,1H3,(H,14,15)/t10-/m1/s1. The quantitative estimate of drug-likeness (QED) is 0.882. The molecule has 1 aromatic rings.